The highest BCUT2D eigenvalue weighted by atomic mass is 16.5. The van der Waals surface area contributed by atoms with Gasteiger partial charge in [0.05, 0.1) is 14.2 Å². The monoisotopic (exact) mass is 494 g/mol. The molecule has 1 aliphatic carbocycles. The highest BCUT2D eigenvalue weighted by Gasteiger charge is 2.24. The Balaban J connectivity index is 1.57. The first-order chi connectivity index (χ1) is 17.5. The molecule has 4 N–H and O–H groups in total. The fraction of sp³-hybridized carbons (Fsp3) is 0.500. The molecular weight excluding hydrogens is 456 g/mol. The van der Waals surface area contributed by atoms with Crippen molar-refractivity contribution in [1.82, 2.24) is 10.2 Å². The van der Waals surface area contributed by atoms with Gasteiger partial charge in [-0.3, -0.25) is 14.5 Å². The normalized spacial score (nSPS) is 20.4. The number of piperidine rings is 1. The minimum absolute atomic E-state index is 0.0229. The molecule has 0 aromatic heterocycles. The fourth-order valence-electron chi connectivity index (χ4n) is 5.09. The summed E-state index contributed by atoms with van der Waals surface area (Å²) in [7, 11) is 3.10. The van der Waals surface area contributed by atoms with E-state index in [-0.39, 0.29) is 23.9 Å². The third-order valence-electron chi connectivity index (χ3n) is 7.24. The Kier molecular flexibility index (Phi) is 8.83. The smallest absolute Gasteiger partial charge is 0.255 e. The van der Waals surface area contributed by atoms with Crippen LogP contribution >= 0.6 is 0 Å². The maximum atomic E-state index is 13.2. The highest BCUT2D eigenvalue weighted by Crippen LogP contribution is 2.29. The number of ether oxygens (including phenoxy) is 2. The molecule has 36 heavy (non-hydrogen) atoms. The molecule has 4 rings (SSSR count). The van der Waals surface area contributed by atoms with Gasteiger partial charge in [0.15, 0.2) is 11.5 Å². The molecule has 0 radical (unpaired) electrons. The lowest BCUT2D eigenvalue weighted by atomic mass is 9.91. The van der Waals surface area contributed by atoms with Gasteiger partial charge < -0.3 is 25.8 Å². The van der Waals surface area contributed by atoms with E-state index in [1.165, 1.54) is 26.4 Å². The van der Waals surface area contributed by atoms with Gasteiger partial charge in [0.2, 0.25) is 0 Å². The van der Waals surface area contributed by atoms with E-state index in [1.54, 1.807) is 31.4 Å². The van der Waals surface area contributed by atoms with Crippen LogP contribution in [0.4, 0.5) is 5.69 Å². The topological polar surface area (TPSA) is 106 Å². The summed E-state index contributed by atoms with van der Waals surface area (Å²) in [6, 6.07) is 10.6. The second kappa shape index (κ2) is 12.2. The lowest BCUT2D eigenvalue weighted by Crippen LogP contribution is -2.49. The molecule has 2 aromatic carbocycles. The number of benzene rings is 2. The molecule has 0 spiro atoms. The number of anilines is 1. The molecule has 1 heterocycles. The van der Waals surface area contributed by atoms with E-state index >= 15 is 0 Å². The zero-order valence-electron chi connectivity index (χ0n) is 21.3. The van der Waals surface area contributed by atoms with Gasteiger partial charge in [0.1, 0.15) is 0 Å². The molecule has 2 atom stereocenters. The molecule has 2 aromatic rings. The first-order valence-corrected chi connectivity index (χ1v) is 12.9. The second-order valence-corrected chi connectivity index (χ2v) is 9.76. The SMILES string of the molecule is COc1ccc(C(=O)Nc2cc(C(=O)NC3CCCCC3N)ccc2CN2CCCCC2)cc1OC. The van der Waals surface area contributed by atoms with Crippen LogP contribution in [0, 0.1) is 0 Å². The number of hydrogen-bond donors (Lipinski definition) is 3. The molecule has 2 aliphatic rings. The fourth-order valence-corrected chi connectivity index (χ4v) is 5.09. The number of amides is 2. The van der Waals surface area contributed by atoms with Crippen LogP contribution in [0.5, 0.6) is 11.5 Å². The Morgan fingerprint density at radius 3 is 2.31 bits per heavy atom. The van der Waals surface area contributed by atoms with Crippen molar-refractivity contribution in [2.24, 2.45) is 5.73 Å². The van der Waals surface area contributed by atoms with Gasteiger partial charge in [0.25, 0.3) is 11.8 Å². The molecule has 2 unspecified atom stereocenters. The number of nitrogens with one attached hydrogen (secondary N) is 2. The van der Waals surface area contributed by atoms with E-state index in [1.807, 2.05) is 12.1 Å². The molecular formula is C28H38N4O4. The van der Waals surface area contributed by atoms with Gasteiger partial charge in [-0.1, -0.05) is 25.3 Å². The summed E-state index contributed by atoms with van der Waals surface area (Å²) in [5.41, 5.74) is 8.82. The van der Waals surface area contributed by atoms with Crippen LogP contribution in [-0.4, -0.2) is 56.1 Å². The van der Waals surface area contributed by atoms with Crippen molar-refractivity contribution in [2.75, 3.05) is 32.6 Å². The summed E-state index contributed by atoms with van der Waals surface area (Å²) in [5.74, 6) is 0.598. The number of hydrogen-bond acceptors (Lipinski definition) is 6. The van der Waals surface area contributed by atoms with Crippen LogP contribution in [0.25, 0.3) is 0 Å². The molecule has 1 saturated carbocycles. The highest BCUT2D eigenvalue weighted by molar-refractivity contribution is 6.06. The first-order valence-electron chi connectivity index (χ1n) is 12.9. The molecule has 0 bridgehead atoms. The lowest BCUT2D eigenvalue weighted by Gasteiger charge is -2.29. The van der Waals surface area contributed by atoms with Gasteiger partial charge >= 0.3 is 0 Å². The summed E-state index contributed by atoms with van der Waals surface area (Å²) in [6.45, 7) is 2.78. The van der Waals surface area contributed by atoms with Crippen molar-refractivity contribution in [3.63, 3.8) is 0 Å². The molecule has 1 aliphatic heterocycles. The molecule has 8 heteroatoms. The van der Waals surface area contributed by atoms with E-state index in [0.717, 1.165) is 50.9 Å². The zero-order valence-corrected chi connectivity index (χ0v) is 21.3. The quantitative estimate of drug-likeness (QED) is 0.513. The lowest BCUT2D eigenvalue weighted by molar-refractivity contribution is 0.0920. The third-order valence-corrected chi connectivity index (χ3v) is 7.24. The number of carbonyl (C=O) groups is 2. The summed E-state index contributed by atoms with van der Waals surface area (Å²) in [5, 5.41) is 6.15. The molecule has 8 nitrogen and oxygen atoms in total. The predicted molar refractivity (Wildman–Crippen MR) is 141 cm³/mol. The van der Waals surface area contributed by atoms with E-state index in [0.29, 0.717) is 28.3 Å². The predicted octanol–water partition coefficient (Wildman–Crippen LogP) is 3.94. The second-order valence-electron chi connectivity index (χ2n) is 9.76. The summed E-state index contributed by atoms with van der Waals surface area (Å²) in [6.07, 6.45) is 7.59. The number of carbonyl (C=O) groups excluding carboxylic acids is 2. The third kappa shape index (κ3) is 6.36. The van der Waals surface area contributed by atoms with Crippen molar-refractivity contribution in [3.05, 3.63) is 53.1 Å². The maximum absolute atomic E-state index is 13.2. The van der Waals surface area contributed by atoms with Crippen LogP contribution in [0.15, 0.2) is 36.4 Å². The minimum Gasteiger partial charge on any atom is -0.493 e. The van der Waals surface area contributed by atoms with Gasteiger partial charge in [-0.25, -0.2) is 0 Å². The average molecular weight is 495 g/mol. The Bertz CT molecular complexity index is 1070. The van der Waals surface area contributed by atoms with E-state index in [4.69, 9.17) is 15.2 Å². The molecule has 2 amide bonds. The van der Waals surface area contributed by atoms with Crippen molar-refractivity contribution in [3.8, 4) is 11.5 Å². The average Bonchev–Trinajstić information content (AvgIpc) is 2.91. The van der Waals surface area contributed by atoms with Gasteiger partial charge in [0, 0.05) is 35.4 Å². The number of rotatable bonds is 8. The van der Waals surface area contributed by atoms with Gasteiger partial charge in [-0.2, -0.15) is 0 Å². The Morgan fingerprint density at radius 1 is 0.889 bits per heavy atom. The Hall–Kier alpha value is -3.10. The van der Waals surface area contributed by atoms with E-state index in [9.17, 15) is 9.59 Å². The van der Waals surface area contributed by atoms with Crippen LogP contribution < -0.4 is 25.8 Å². The van der Waals surface area contributed by atoms with E-state index in [2.05, 4.69) is 15.5 Å². The van der Waals surface area contributed by atoms with Crippen molar-refractivity contribution in [2.45, 2.75) is 63.6 Å². The van der Waals surface area contributed by atoms with Crippen molar-refractivity contribution < 1.29 is 19.1 Å². The summed E-state index contributed by atoms with van der Waals surface area (Å²) in [4.78, 5) is 28.7. The molecule has 1 saturated heterocycles. The summed E-state index contributed by atoms with van der Waals surface area (Å²) >= 11 is 0. The van der Waals surface area contributed by atoms with Crippen molar-refractivity contribution >= 4 is 17.5 Å². The van der Waals surface area contributed by atoms with Crippen LogP contribution in [0.2, 0.25) is 0 Å². The van der Waals surface area contributed by atoms with Crippen molar-refractivity contribution in [1.29, 1.82) is 0 Å². The summed E-state index contributed by atoms with van der Waals surface area (Å²) < 4.78 is 10.6. The first kappa shape index (κ1) is 26.0. The maximum Gasteiger partial charge on any atom is 0.255 e. The number of likely N-dealkylation sites (tertiary alicyclic amines) is 1. The Labute approximate surface area is 213 Å². The number of nitrogens with zero attached hydrogens (tertiary/aromatic N) is 1. The number of nitrogens with two attached hydrogens (primary N) is 1. The van der Waals surface area contributed by atoms with Gasteiger partial charge in [-0.05, 0) is 74.7 Å². The largest absolute Gasteiger partial charge is 0.493 e. The minimum atomic E-state index is -0.275. The van der Waals surface area contributed by atoms with E-state index < -0.39 is 0 Å². The zero-order chi connectivity index (χ0) is 25.5. The van der Waals surface area contributed by atoms with Crippen LogP contribution in [0.3, 0.4) is 0 Å². The standard InChI is InChI=1S/C28H38N4O4/c1-35-25-13-12-20(17-26(25)36-2)28(34)31-24-16-19(27(33)30-23-9-5-4-8-22(23)29)10-11-21(24)18-32-14-6-3-7-15-32/h10-13,16-17,22-23H,3-9,14-15,18,29H2,1-2H3,(H,30,33)(H,31,34). The number of methoxy groups -OCH3 is 2. The van der Waals surface area contributed by atoms with Crippen LogP contribution in [0.1, 0.15) is 71.2 Å². The Morgan fingerprint density at radius 2 is 1.58 bits per heavy atom. The van der Waals surface area contributed by atoms with Gasteiger partial charge in [-0.15, -0.1) is 0 Å². The van der Waals surface area contributed by atoms with Crippen LogP contribution in [-0.2, 0) is 6.54 Å². The molecule has 2 fully saturated rings. The molecule has 194 valence electrons.